The van der Waals surface area contributed by atoms with Crippen molar-refractivity contribution in [1.82, 2.24) is 48.7 Å². The van der Waals surface area contributed by atoms with Gasteiger partial charge in [-0.15, -0.1) is 9.42 Å². The van der Waals surface area contributed by atoms with Crippen molar-refractivity contribution in [3.8, 4) is 0 Å². The van der Waals surface area contributed by atoms with Crippen LogP contribution in [0.1, 0.15) is 53.5 Å². The largest absolute Gasteiger partial charge is 0.695 e. The number of rotatable bonds is 17. The predicted octanol–water partition coefficient (Wildman–Crippen LogP) is 2.42. The van der Waals surface area contributed by atoms with Crippen LogP contribution in [-0.2, 0) is 37.8 Å². The molecule has 0 spiro atoms. The second kappa shape index (κ2) is 20.5. The highest BCUT2D eigenvalue weighted by Crippen LogP contribution is 2.40. The maximum Gasteiger partial charge on any atom is 0.695 e. The van der Waals surface area contributed by atoms with E-state index < -0.39 is 92.1 Å². The van der Waals surface area contributed by atoms with Crippen LogP contribution in [-0.4, -0.2) is 132 Å². The number of H-pyrrole nitrogens is 1. The molecule has 0 saturated carbocycles. The van der Waals surface area contributed by atoms with Crippen LogP contribution in [0.25, 0.3) is 22.3 Å². The third-order valence-corrected chi connectivity index (χ3v) is 11.5. The number of aromatic amines is 1. The highest BCUT2D eigenvalue weighted by molar-refractivity contribution is 7.84. The lowest BCUT2D eigenvalue weighted by Crippen LogP contribution is -2.41. The summed E-state index contributed by atoms with van der Waals surface area (Å²) in [7, 11) is -8.11. The lowest BCUT2D eigenvalue weighted by Gasteiger charge is -2.21. The molecule has 5 aromatic rings. The van der Waals surface area contributed by atoms with Gasteiger partial charge in [0.2, 0.25) is 11.9 Å². The molecule has 1 aromatic carbocycles. The molecule has 4 aromatic heterocycles. The number of hydrogen-bond acceptors (Lipinski definition) is 17. The van der Waals surface area contributed by atoms with Crippen LogP contribution in [0.2, 0.25) is 0 Å². The van der Waals surface area contributed by atoms with E-state index in [0.29, 0.717) is 11.5 Å². The van der Waals surface area contributed by atoms with Gasteiger partial charge < -0.3 is 24.8 Å². The second-order valence-electron chi connectivity index (χ2n) is 14.4. The summed E-state index contributed by atoms with van der Waals surface area (Å²) in [5.41, 5.74) is 0.155. The fraction of sp³-hybridized carbons (Fsp3) is 0.528. The summed E-state index contributed by atoms with van der Waals surface area (Å²) >= 11 is 0. The Balaban J connectivity index is 0.000000845. The number of benzene rings is 1. The zero-order chi connectivity index (χ0) is 44.7. The number of aliphatic hydroxyl groups excluding tert-OH is 1. The number of fused-ring (bicyclic) bond motifs is 2. The topological polar surface area (TPSA) is 292 Å². The molecule has 2 aliphatic heterocycles. The van der Waals surface area contributed by atoms with E-state index in [0.717, 1.165) is 0 Å². The minimum atomic E-state index is -4.75. The van der Waals surface area contributed by atoms with Crippen molar-refractivity contribution < 1.29 is 50.3 Å². The summed E-state index contributed by atoms with van der Waals surface area (Å²) in [4.78, 5) is 60.4. The van der Waals surface area contributed by atoms with Crippen LogP contribution in [0.4, 0.5) is 21.8 Å². The van der Waals surface area contributed by atoms with Gasteiger partial charge in [-0.3, -0.25) is 29.0 Å². The highest BCUT2D eigenvalue weighted by Gasteiger charge is 2.52. The van der Waals surface area contributed by atoms with E-state index in [4.69, 9.17) is 18.2 Å². The molecule has 1 unspecified atom stereocenters. The molecule has 23 nitrogen and oxygen atoms in total. The van der Waals surface area contributed by atoms with Crippen LogP contribution in [0.3, 0.4) is 0 Å². The molecule has 62 heavy (non-hydrogen) atoms. The SMILES string of the molecule is CC(C)C(=O)Nc1nc2c(ncn2[C@@H]2O[C@H](CO)C[C@H]2OS(=O)(=O)NC[C@H]2O[C@@H](n3cnc4c(Nc5ccccc5)ncnc43)[C@H](F)[C@@H]2O[P+](=O)O)c(=O)[nH]1.CCN(CC)CC. The average Bonchev–Trinajstić information content (AvgIpc) is 4.03. The van der Waals surface area contributed by atoms with Crippen LogP contribution in [0.15, 0.2) is 54.1 Å². The minimum Gasteiger partial charge on any atom is -0.394 e. The Hall–Kier alpha value is -4.95. The molecule has 1 amide bonds. The normalized spacial score (nSPS) is 22.9. The van der Waals surface area contributed by atoms with E-state index in [1.807, 2.05) is 18.2 Å². The molecule has 26 heteroatoms. The molecular weight excluding hydrogens is 859 g/mol. The zero-order valence-corrected chi connectivity index (χ0v) is 36.1. The molecule has 0 radical (unpaired) electrons. The predicted molar refractivity (Wildman–Crippen MR) is 221 cm³/mol. The lowest BCUT2D eigenvalue weighted by atomic mass is 10.1. The van der Waals surface area contributed by atoms with Crippen molar-refractivity contribution in [2.75, 3.05) is 43.4 Å². The Morgan fingerprint density at radius 2 is 1.71 bits per heavy atom. The Bertz CT molecular complexity index is 2490. The minimum absolute atomic E-state index is 0.0805. The molecular formula is C36H49FN12O11PS+. The number of aliphatic hydroxyl groups is 1. The van der Waals surface area contributed by atoms with E-state index in [2.05, 4.69) is 70.9 Å². The molecule has 0 bridgehead atoms. The number of aromatic nitrogens is 8. The van der Waals surface area contributed by atoms with E-state index in [1.165, 1.54) is 47.8 Å². The quantitative estimate of drug-likeness (QED) is 0.0730. The molecule has 2 fully saturated rings. The van der Waals surface area contributed by atoms with E-state index in [-0.39, 0.29) is 34.7 Å². The molecule has 0 aliphatic carbocycles. The Kier molecular flexibility index (Phi) is 15.4. The van der Waals surface area contributed by atoms with Gasteiger partial charge in [-0.1, -0.05) is 52.8 Å². The number of alkyl halides is 1. The summed E-state index contributed by atoms with van der Waals surface area (Å²) in [5, 5.41) is 15.4. The first-order chi connectivity index (χ1) is 29.7. The van der Waals surface area contributed by atoms with E-state index in [1.54, 1.807) is 26.0 Å². The number of imidazole rings is 2. The number of carbonyl (C=O) groups excluding carboxylic acids is 1. The summed E-state index contributed by atoms with van der Waals surface area (Å²) in [6.07, 6.45) is -6.92. The number of ether oxygens (including phenoxy) is 2. The number of anilines is 3. The van der Waals surface area contributed by atoms with Gasteiger partial charge in [0.1, 0.15) is 18.5 Å². The molecule has 2 saturated heterocycles. The van der Waals surface area contributed by atoms with Gasteiger partial charge >= 0.3 is 18.6 Å². The van der Waals surface area contributed by atoms with Gasteiger partial charge in [-0.25, -0.2) is 28.5 Å². The Morgan fingerprint density at radius 1 is 1.03 bits per heavy atom. The fourth-order valence-electron chi connectivity index (χ4n) is 6.75. The maximum atomic E-state index is 16.0. The number of amides is 1. The number of nitrogens with one attached hydrogen (secondary N) is 4. The Labute approximate surface area is 355 Å². The third kappa shape index (κ3) is 10.8. The summed E-state index contributed by atoms with van der Waals surface area (Å²) in [6, 6.07) is 9.05. The first-order valence-electron chi connectivity index (χ1n) is 19.7. The summed E-state index contributed by atoms with van der Waals surface area (Å²) < 4.78 is 81.2. The van der Waals surface area contributed by atoms with Gasteiger partial charge in [0.15, 0.2) is 52.9 Å². The van der Waals surface area contributed by atoms with Gasteiger partial charge in [-0.05, 0) is 31.8 Å². The average molecular weight is 908 g/mol. The zero-order valence-electron chi connectivity index (χ0n) is 34.4. The van der Waals surface area contributed by atoms with Gasteiger partial charge in [-0.2, -0.15) is 18.1 Å². The first-order valence-corrected chi connectivity index (χ1v) is 22.3. The molecule has 6 heterocycles. The van der Waals surface area contributed by atoms with Crippen LogP contribution in [0, 0.1) is 5.92 Å². The fourth-order valence-corrected chi connectivity index (χ4v) is 8.15. The number of hydrogen-bond donors (Lipinski definition) is 6. The number of nitrogens with zero attached hydrogens (tertiary/aromatic N) is 8. The van der Waals surface area contributed by atoms with Crippen molar-refractivity contribution in [2.45, 2.75) is 84.1 Å². The summed E-state index contributed by atoms with van der Waals surface area (Å²) in [5.74, 6) is -0.759. The molecule has 6 N–H and O–H groups in total. The van der Waals surface area contributed by atoms with Crippen molar-refractivity contribution in [3.63, 3.8) is 0 Å². The monoisotopic (exact) mass is 907 g/mol. The molecule has 336 valence electrons. The second-order valence-corrected chi connectivity index (χ2v) is 16.4. The van der Waals surface area contributed by atoms with Gasteiger partial charge in [0, 0.05) is 29.1 Å². The van der Waals surface area contributed by atoms with Crippen molar-refractivity contribution >= 4 is 64.2 Å². The van der Waals surface area contributed by atoms with Crippen LogP contribution >= 0.6 is 8.25 Å². The molecule has 8 atom stereocenters. The lowest BCUT2D eigenvalue weighted by molar-refractivity contribution is -0.118. The van der Waals surface area contributed by atoms with Crippen molar-refractivity contribution in [3.05, 3.63) is 59.7 Å². The summed E-state index contributed by atoms with van der Waals surface area (Å²) in [6.45, 7) is 12.2. The maximum absolute atomic E-state index is 16.0. The highest BCUT2D eigenvalue weighted by atomic mass is 32.2. The van der Waals surface area contributed by atoms with Gasteiger partial charge in [0.05, 0.1) is 25.4 Å². The van der Waals surface area contributed by atoms with Gasteiger partial charge in [0.25, 0.3) is 5.56 Å². The van der Waals surface area contributed by atoms with E-state index in [9.17, 15) is 32.6 Å². The molecule has 7 rings (SSSR count). The number of para-hydroxylation sites is 1. The smallest absolute Gasteiger partial charge is 0.394 e. The Morgan fingerprint density at radius 3 is 2.34 bits per heavy atom. The number of carbonyl (C=O) groups is 1. The van der Waals surface area contributed by atoms with Crippen molar-refractivity contribution in [2.24, 2.45) is 5.92 Å². The van der Waals surface area contributed by atoms with Crippen LogP contribution in [0.5, 0.6) is 0 Å². The number of halogens is 1. The third-order valence-electron chi connectivity index (χ3n) is 10.0. The van der Waals surface area contributed by atoms with Crippen LogP contribution < -0.4 is 20.9 Å². The molecule has 2 aliphatic rings. The van der Waals surface area contributed by atoms with Crippen molar-refractivity contribution in [1.29, 1.82) is 0 Å². The standard InChI is InChI=1S/C30H33FN11O11PS.C6H15N/c1-14(2)26(44)39-30-38-25-21(27(45)40-30)35-13-42(25)28-17(8-16(10-43)50-28)53-55(48,49)36-9-18-22(52-54(46)47)19(31)29(51-18)41-12-34-20-23(32-11-33-24(20)41)37-15-6-4-3-5-7-15;1-4-7(5-2)6-3/h3-7,11-14,16-19,22,28-29,36,43H,8-10H2,1-2H3,(H3-,32,33,37,38,39,40,44,45,46,47);4-6H2,1-3H3/p+1/t16-,17+,18+,19+,22+,28+,29+;/m0./s1. The van der Waals surface area contributed by atoms with E-state index >= 15 is 4.39 Å². The first kappa shape index (κ1) is 46.6.